The van der Waals surface area contributed by atoms with E-state index in [-0.39, 0.29) is 22.9 Å². The number of halogens is 1. The zero-order valence-corrected chi connectivity index (χ0v) is 20.2. The van der Waals surface area contributed by atoms with E-state index < -0.39 is 17.8 Å². The number of para-hydroxylation sites is 1. The zero-order chi connectivity index (χ0) is 25.1. The van der Waals surface area contributed by atoms with Gasteiger partial charge in [0.2, 0.25) is 0 Å². The molecule has 3 aromatic rings. The van der Waals surface area contributed by atoms with Crippen LogP contribution < -0.4 is 19.7 Å². The molecule has 8 heteroatoms. The molecule has 1 saturated heterocycles. The number of hydrogen-bond donors (Lipinski definition) is 1. The van der Waals surface area contributed by atoms with E-state index in [1.807, 2.05) is 26.0 Å². The maximum atomic E-state index is 13.2. The predicted octanol–water partition coefficient (Wildman–Crippen LogP) is 5.21. The Hall–Kier alpha value is -4.10. The fraction of sp³-hybridized carbons (Fsp3) is 0.148. The second-order valence-corrected chi connectivity index (χ2v) is 8.50. The summed E-state index contributed by atoms with van der Waals surface area (Å²) < 4.78 is 11.4. The summed E-state index contributed by atoms with van der Waals surface area (Å²) >= 11 is 6.20. The van der Waals surface area contributed by atoms with Gasteiger partial charge >= 0.3 is 6.03 Å². The largest absolute Gasteiger partial charge is 0.497 e. The van der Waals surface area contributed by atoms with Gasteiger partial charge in [-0.25, -0.2) is 9.69 Å². The van der Waals surface area contributed by atoms with Crippen LogP contribution in [0.1, 0.15) is 22.3 Å². The number of carbonyl (C=O) groups is 3. The van der Waals surface area contributed by atoms with Crippen molar-refractivity contribution < 1.29 is 23.9 Å². The summed E-state index contributed by atoms with van der Waals surface area (Å²) in [5.74, 6) is -0.630. The Morgan fingerprint density at radius 1 is 0.971 bits per heavy atom. The first-order valence-electron chi connectivity index (χ1n) is 10.8. The normalized spacial score (nSPS) is 14.8. The highest BCUT2D eigenvalue weighted by atomic mass is 35.5. The van der Waals surface area contributed by atoms with Gasteiger partial charge in [0.25, 0.3) is 11.8 Å². The average Bonchev–Trinajstić information content (AvgIpc) is 2.81. The van der Waals surface area contributed by atoms with Gasteiger partial charge in [-0.3, -0.25) is 14.9 Å². The highest BCUT2D eigenvalue weighted by Crippen LogP contribution is 2.31. The van der Waals surface area contributed by atoms with E-state index in [2.05, 4.69) is 11.4 Å². The van der Waals surface area contributed by atoms with Gasteiger partial charge in [0, 0.05) is 11.6 Å². The zero-order valence-electron chi connectivity index (χ0n) is 19.4. The second kappa shape index (κ2) is 10.0. The smallest absolute Gasteiger partial charge is 0.335 e. The van der Waals surface area contributed by atoms with Crippen LogP contribution in [0.3, 0.4) is 0 Å². The van der Waals surface area contributed by atoms with Crippen LogP contribution in [0.4, 0.5) is 10.5 Å². The number of amides is 4. The van der Waals surface area contributed by atoms with Gasteiger partial charge in [0.05, 0.1) is 17.8 Å². The quantitative estimate of drug-likeness (QED) is 0.378. The minimum absolute atomic E-state index is 0.177. The van der Waals surface area contributed by atoms with Crippen LogP contribution in [-0.4, -0.2) is 25.0 Å². The topological polar surface area (TPSA) is 84.9 Å². The van der Waals surface area contributed by atoms with Crippen LogP contribution in [-0.2, 0) is 16.2 Å². The van der Waals surface area contributed by atoms with E-state index in [1.54, 1.807) is 36.4 Å². The molecule has 0 spiro atoms. The Labute approximate surface area is 207 Å². The summed E-state index contributed by atoms with van der Waals surface area (Å²) in [5, 5.41) is 2.40. The maximum Gasteiger partial charge on any atom is 0.335 e. The summed E-state index contributed by atoms with van der Waals surface area (Å²) in [6, 6.07) is 16.7. The molecule has 3 aromatic carbocycles. The lowest BCUT2D eigenvalue weighted by Crippen LogP contribution is -2.54. The summed E-state index contributed by atoms with van der Waals surface area (Å²) in [7, 11) is 1.53. The molecule has 7 nitrogen and oxygen atoms in total. The van der Waals surface area contributed by atoms with E-state index in [1.165, 1.54) is 19.3 Å². The third-order valence-corrected chi connectivity index (χ3v) is 5.71. The first-order valence-corrected chi connectivity index (χ1v) is 11.2. The number of ether oxygens (including phenoxy) is 2. The summed E-state index contributed by atoms with van der Waals surface area (Å²) in [6.45, 7) is 4.30. The van der Waals surface area contributed by atoms with Crippen LogP contribution >= 0.6 is 11.6 Å². The number of methoxy groups -OCH3 is 1. The van der Waals surface area contributed by atoms with E-state index in [9.17, 15) is 14.4 Å². The SMILES string of the molecule is COc1ccc(/C=C2\C(=O)NC(=O)N(c3ccccc3Cl)C2=O)c(OCc2cc(C)cc(C)c2)c1. The molecule has 0 bridgehead atoms. The van der Waals surface area contributed by atoms with Crippen LogP contribution in [0.5, 0.6) is 11.5 Å². The van der Waals surface area contributed by atoms with Gasteiger partial charge in [-0.05, 0) is 49.8 Å². The monoisotopic (exact) mass is 490 g/mol. The van der Waals surface area contributed by atoms with Crippen molar-refractivity contribution in [2.45, 2.75) is 20.5 Å². The molecule has 178 valence electrons. The molecule has 0 atom stereocenters. The number of nitrogens with one attached hydrogen (secondary N) is 1. The van der Waals surface area contributed by atoms with Gasteiger partial charge in [-0.2, -0.15) is 0 Å². The fourth-order valence-electron chi connectivity index (χ4n) is 3.86. The molecule has 1 N–H and O–H groups in total. The van der Waals surface area contributed by atoms with Gasteiger partial charge in [-0.15, -0.1) is 0 Å². The molecule has 1 aliphatic heterocycles. The van der Waals surface area contributed by atoms with Crippen molar-refractivity contribution in [2.24, 2.45) is 0 Å². The Morgan fingerprint density at radius 2 is 1.69 bits per heavy atom. The van der Waals surface area contributed by atoms with Crippen molar-refractivity contribution in [1.29, 1.82) is 0 Å². The lowest BCUT2D eigenvalue weighted by molar-refractivity contribution is -0.122. The lowest BCUT2D eigenvalue weighted by Gasteiger charge is -2.27. The second-order valence-electron chi connectivity index (χ2n) is 8.10. The van der Waals surface area contributed by atoms with Gasteiger partial charge < -0.3 is 9.47 Å². The number of rotatable bonds is 6. The molecule has 0 saturated carbocycles. The third kappa shape index (κ3) is 5.20. The summed E-state index contributed by atoms with van der Waals surface area (Å²) in [5.41, 5.74) is 3.63. The summed E-state index contributed by atoms with van der Waals surface area (Å²) in [6.07, 6.45) is 1.39. The molecule has 0 unspecified atom stereocenters. The maximum absolute atomic E-state index is 13.2. The van der Waals surface area contributed by atoms with Crippen molar-refractivity contribution >= 4 is 41.2 Å². The number of urea groups is 1. The van der Waals surface area contributed by atoms with Crippen LogP contribution in [0.15, 0.2) is 66.2 Å². The van der Waals surface area contributed by atoms with Crippen LogP contribution in [0.25, 0.3) is 6.08 Å². The van der Waals surface area contributed by atoms with Crippen molar-refractivity contribution in [3.63, 3.8) is 0 Å². The lowest BCUT2D eigenvalue weighted by atomic mass is 10.1. The first kappa shape index (κ1) is 24.0. The number of anilines is 1. The van der Waals surface area contributed by atoms with Crippen LogP contribution in [0, 0.1) is 13.8 Å². The predicted molar refractivity (Wildman–Crippen MR) is 134 cm³/mol. The first-order chi connectivity index (χ1) is 16.8. The van der Waals surface area contributed by atoms with Gasteiger partial charge in [0.15, 0.2) is 0 Å². The molecule has 0 aromatic heterocycles. The fourth-order valence-corrected chi connectivity index (χ4v) is 4.08. The van der Waals surface area contributed by atoms with Crippen molar-refractivity contribution in [2.75, 3.05) is 12.0 Å². The highest BCUT2D eigenvalue weighted by molar-refractivity contribution is 6.42. The Morgan fingerprint density at radius 3 is 2.37 bits per heavy atom. The molecule has 0 aliphatic carbocycles. The standard InChI is InChI=1S/C27H23ClN2O5/c1-16-10-17(2)12-18(11-16)15-35-24-14-20(34-3)9-8-19(24)13-21-25(31)29-27(33)30(26(21)32)23-7-5-4-6-22(23)28/h4-14H,15H2,1-3H3,(H,29,31,33)/b21-13+. The molecular formula is C27H23ClN2O5. The average molecular weight is 491 g/mol. The number of carbonyl (C=O) groups excluding carboxylic acids is 3. The van der Waals surface area contributed by atoms with E-state index in [4.69, 9.17) is 21.1 Å². The van der Waals surface area contributed by atoms with Gasteiger partial charge in [-0.1, -0.05) is 53.1 Å². The van der Waals surface area contributed by atoms with Crippen LogP contribution in [0.2, 0.25) is 5.02 Å². The Kier molecular flexibility index (Phi) is 6.89. The molecule has 4 amide bonds. The van der Waals surface area contributed by atoms with Crippen molar-refractivity contribution in [3.05, 3.63) is 93.5 Å². The van der Waals surface area contributed by atoms with E-state index >= 15 is 0 Å². The molecule has 4 rings (SSSR count). The molecular weight excluding hydrogens is 468 g/mol. The number of benzene rings is 3. The van der Waals surface area contributed by atoms with E-state index in [0.29, 0.717) is 17.1 Å². The number of nitrogens with zero attached hydrogens (tertiary/aromatic N) is 1. The molecule has 1 fully saturated rings. The Balaban J connectivity index is 1.70. The molecule has 1 heterocycles. The minimum Gasteiger partial charge on any atom is -0.497 e. The van der Waals surface area contributed by atoms with E-state index in [0.717, 1.165) is 21.6 Å². The molecule has 35 heavy (non-hydrogen) atoms. The number of aryl methyl sites for hydroxylation is 2. The minimum atomic E-state index is -0.869. The number of imide groups is 2. The summed E-state index contributed by atoms with van der Waals surface area (Å²) in [4.78, 5) is 39.2. The molecule has 1 aliphatic rings. The third-order valence-electron chi connectivity index (χ3n) is 5.39. The van der Waals surface area contributed by atoms with Gasteiger partial charge in [0.1, 0.15) is 23.7 Å². The Bertz CT molecular complexity index is 1350. The van der Waals surface area contributed by atoms with Crippen molar-refractivity contribution in [1.82, 2.24) is 5.32 Å². The number of hydrogen-bond acceptors (Lipinski definition) is 5. The highest BCUT2D eigenvalue weighted by Gasteiger charge is 2.37. The molecule has 0 radical (unpaired) electrons. The number of barbiturate groups is 1. The van der Waals surface area contributed by atoms with Crippen molar-refractivity contribution in [3.8, 4) is 11.5 Å².